The monoisotopic (exact) mass is 343 g/mol. The Morgan fingerprint density at radius 2 is 1.87 bits per heavy atom. The van der Waals surface area contributed by atoms with Gasteiger partial charge in [0, 0.05) is 26.1 Å². The largest absolute Gasteiger partial charge is 0.495 e. The van der Waals surface area contributed by atoms with E-state index in [1.54, 1.807) is 24.3 Å². The molecule has 1 aromatic carbocycles. The van der Waals surface area contributed by atoms with Crippen LogP contribution in [0.4, 0.5) is 5.69 Å². The standard InChI is InChI=1S/C15H25N3O4S/c1-17(2)12-10-16-15(19)9-11-18(23(4,20)21)13-7-5-6-8-14(13)22-3/h5-8H,9-12H2,1-4H3,(H,16,19). The van der Waals surface area contributed by atoms with Gasteiger partial charge in [-0.3, -0.25) is 9.10 Å². The van der Waals surface area contributed by atoms with Crippen LogP contribution in [0.2, 0.25) is 0 Å². The van der Waals surface area contributed by atoms with Crippen molar-refractivity contribution in [2.45, 2.75) is 6.42 Å². The smallest absolute Gasteiger partial charge is 0.232 e. The Bertz CT molecular complexity index is 617. The summed E-state index contributed by atoms with van der Waals surface area (Å²) >= 11 is 0. The van der Waals surface area contributed by atoms with Crippen LogP contribution >= 0.6 is 0 Å². The van der Waals surface area contributed by atoms with Gasteiger partial charge in [0.1, 0.15) is 5.75 Å². The van der Waals surface area contributed by atoms with Crippen molar-refractivity contribution < 1.29 is 17.9 Å². The lowest BCUT2D eigenvalue weighted by molar-refractivity contribution is -0.120. The van der Waals surface area contributed by atoms with Gasteiger partial charge in [0.15, 0.2) is 0 Å². The zero-order chi connectivity index (χ0) is 17.5. The number of ether oxygens (including phenoxy) is 1. The maximum atomic E-state index is 12.0. The number of methoxy groups -OCH3 is 1. The summed E-state index contributed by atoms with van der Waals surface area (Å²) in [6.45, 7) is 1.32. The van der Waals surface area contributed by atoms with Crippen LogP contribution in [-0.4, -0.2) is 66.3 Å². The van der Waals surface area contributed by atoms with Crippen molar-refractivity contribution in [3.05, 3.63) is 24.3 Å². The first-order valence-corrected chi connectivity index (χ1v) is 9.12. The first-order chi connectivity index (χ1) is 10.8. The van der Waals surface area contributed by atoms with Crippen LogP contribution in [0.5, 0.6) is 5.75 Å². The highest BCUT2D eigenvalue weighted by Gasteiger charge is 2.21. The van der Waals surface area contributed by atoms with Crippen LogP contribution in [0.3, 0.4) is 0 Å². The SMILES string of the molecule is COc1ccccc1N(CCC(=O)NCCN(C)C)S(C)(=O)=O. The Balaban J connectivity index is 2.76. The quantitative estimate of drug-likeness (QED) is 0.707. The molecule has 8 heteroatoms. The van der Waals surface area contributed by atoms with Crippen molar-refractivity contribution in [1.29, 1.82) is 0 Å². The van der Waals surface area contributed by atoms with Crippen LogP contribution in [0.1, 0.15) is 6.42 Å². The number of rotatable bonds is 9. The number of hydrogen-bond donors (Lipinski definition) is 1. The Morgan fingerprint density at radius 1 is 1.22 bits per heavy atom. The fourth-order valence-corrected chi connectivity index (χ4v) is 2.94. The second kappa shape index (κ2) is 8.73. The third-order valence-electron chi connectivity index (χ3n) is 3.18. The van der Waals surface area contributed by atoms with Crippen LogP contribution in [0, 0.1) is 0 Å². The average molecular weight is 343 g/mol. The van der Waals surface area contributed by atoms with E-state index >= 15 is 0 Å². The van der Waals surface area contributed by atoms with Gasteiger partial charge < -0.3 is 15.0 Å². The predicted octanol–water partition coefficient (Wildman–Crippen LogP) is 0.529. The van der Waals surface area contributed by atoms with Gasteiger partial charge >= 0.3 is 0 Å². The second-order valence-electron chi connectivity index (χ2n) is 5.41. The third kappa shape index (κ3) is 6.45. The van der Waals surface area contributed by atoms with Crippen molar-refractivity contribution >= 4 is 21.6 Å². The van der Waals surface area contributed by atoms with Gasteiger partial charge in [-0.05, 0) is 26.2 Å². The van der Waals surface area contributed by atoms with E-state index < -0.39 is 10.0 Å². The summed E-state index contributed by atoms with van der Waals surface area (Å²) in [4.78, 5) is 13.8. The number of carbonyl (C=O) groups excluding carboxylic acids is 1. The summed E-state index contributed by atoms with van der Waals surface area (Å²) in [5.74, 6) is 0.265. The first kappa shape index (κ1) is 19.2. The molecule has 1 aromatic rings. The maximum Gasteiger partial charge on any atom is 0.232 e. The van der Waals surface area contributed by atoms with E-state index in [4.69, 9.17) is 4.74 Å². The van der Waals surface area contributed by atoms with Gasteiger partial charge in [-0.2, -0.15) is 0 Å². The molecule has 23 heavy (non-hydrogen) atoms. The van der Waals surface area contributed by atoms with Crippen LogP contribution in [0.15, 0.2) is 24.3 Å². The van der Waals surface area contributed by atoms with Gasteiger partial charge in [-0.1, -0.05) is 12.1 Å². The molecule has 1 rings (SSSR count). The number of sulfonamides is 1. The molecule has 1 amide bonds. The summed E-state index contributed by atoms with van der Waals surface area (Å²) in [5, 5.41) is 2.77. The molecule has 0 aliphatic carbocycles. The highest BCUT2D eigenvalue weighted by molar-refractivity contribution is 7.92. The first-order valence-electron chi connectivity index (χ1n) is 7.28. The average Bonchev–Trinajstić information content (AvgIpc) is 2.46. The number of nitrogens with one attached hydrogen (secondary N) is 1. The van der Waals surface area contributed by atoms with Crippen LogP contribution < -0.4 is 14.4 Å². The molecule has 0 bridgehead atoms. The lowest BCUT2D eigenvalue weighted by atomic mass is 10.3. The number of anilines is 1. The number of likely N-dealkylation sites (N-methyl/N-ethyl adjacent to an activating group) is 1. The van der Waals surface area contributed by atoms with Gasteiger partial charge in [-0.15, -0.1) is 0 Å². The Morgan fingerprint density at radius 3 is 2.43 bits per heavy atom. The van der Waals surface area contributed by atoms with Crippen LogP contribution in [-0.2, 0) is 14.8 Å². The Kier molecular flexibility index (Phi) is 7.31. The number of benzene rings is 1. The zero-order valence-corrected chi connectivity index (χ0v) is 14.9. The van der Waals surface area contributed by atoms with Crippen molar-refractivity contribution in [2.75, 3.05) is 51.4 Å². The third-order valence-corrected chi connectivity index (χ3v) is 4.36. The summed E-state index contributed by atoms with van der Waals surface area (Å²) in [5.41, 5.74) is 0.429. The zero-order valence-electron chi connectivity index (χ0n) is 14.1. The van der Waals surface area contributed by atoms with Crippen LogP contribution in [0.25, 0.3) is 0 Å². The fourth-order valence-electron chi connectivity index (χ4n) is 2.01. The Labute approximate surface area is 138 Å². The molecule has 0 saturated heterocycles. The highest BCUT2D eigenvalue weighted by Crippen LogP contribution is 2.29. The molecule has 7 nitrogen and oxygen atoms in total. The molecule has 130 valence electrons. The fraction of sp³-hybridized carbons (Fsp3) is 0.533. The van der Waals surface area contributed by atoms with E-state index in [-0.39, 0.29) is 18.9 Å². The highest BCUT2D eigenvalue weighted by atomic mass is 32.2. The molecule has 0 heterocycles. The molecule has 0 spiro atoms. The normalized spacial score (nSPS) is 11.3. The van der Waals surface area contributed by atoms with E-state index in [9.17, 15) is 13.2 Å². The van der Waals surface area contributed by atoms with Crippen molar-refractivity contribution in [3.8, 4) is 5.75 Å². The van der Waals surface area contributed by atoms with Gasteiger partial charge in [0.2, 0.25) is 15.9 Å². The number of para-hydroxylation sites is 2. The molecule has 0 aliphatic heterocycles. The molecular formula is C15H25N3O4S. The molecular weight excluding hydrogens is 318 g/mol. The molecule has 1 N–H and O–H groups in total. The van der Waals surface area contributed by atoms with Crippen molar-refractivity contribution in [3.63, 3.8) is 0 Å². The van der Waals surface area contributed by atoms with Gasteiger partial charge in [0.05, 0.1) is 19.1 Å². The molecule has 0 fully saturated rings. The number of amides is 1. The van der Waals surface area contributed by atoms with Crippen molar-refractivity contribution in [1.82, 2.24) is 10.2 Å². The molecule has 0 aliphatic rings. The minimum absolute atomic E-state index is 0.0625. The maximum absolute atomic E-state index is 12.0. The predicted molar refractivity (Wildman–Crippen MR) is 91.4 cm³/mol. The number of hydrogen-bond acceptors (Lipinski definition) is 5. The summed E-state index contributed by atoms with van der Waals surface area (Å²) in [6, 6.07) is 6.83. The molecule has 0 atom stereocenters. The van der Waals surface area contributed by atoms with Gasteiger partial charge in [0.25, 0.3) is 0 Å². The summed E-state index contributed by atoms with van der Waals surface area (Å²) < 4.78 is 30.5. The minimum atomic E-state index is -3.52. The minimum Gasteiger partial charge on any atom is -0.495 e. The molecule has 0 aromatic heterocycles. The molecule has 0 saturated carbocycles. The number of carbonyl (C=O) groups is 1. The van der Waals surface area contributed by atoms with Gasteiger partial charge in [-0.25, -0.2) is 8.42 Å². The summed E-state index contributed by atoms with van der Waals surface area (Å²) in [7, 11) is 1.80. The molecule has 0 unspecified atom stereocenters. The second-order valence-corrected chi connectivity index (χ2v) is 7.32. The van der Waals surface area contributed by atoms with E-state index in [2.05, 4.69) is 5.32 Å². The lowest BCUT2D eigenvalue weighted by Crippen LogP contribution is -2.36. The topological polar surface area (TPSA) is 79.0 Å². The van der Waals surface area contributed by atoms with E-state index in [1.165, 1.54) is 11.4 Å². The Hall–Kier alpha value is -1.80. The van der Waals surface area contributed by atoms with E-state index in [0.717, 1.165) is 12.8 Å². The van der Waals surface area contributed by atoms with E-state index in [1.807, 2.05) is 19.0 Å². The molecule has 0 radical (unpaired) electrons. The van der Waals surface area contributed by atoms with Crippen molar-refractivity contribution in [2.24, 2.45) is 0 Å². The van der Waals surface area contributed by atoms with E-state index in [0.29, 0.717) is 18.0 Å². The lowest BCUT2D eigenvalue weighted by Gasteiger charge is -2.24. The number of nitrogens with zero attached hydrogens (tertiary/aromatic N) is 2. The summed E-state index contributed by atoms with van der Waals surface area (Å²) in [6.07, 6.45) is 1.20.